The van der Waals surface area contributed by atoms with Gasteiger partial charge in [-0.2, -0.15) is 0 Å². The van der Waals surface area contributed by atoms with Crippen LogP contribution in [-0.4, -0.2) is 43.5 Å². The molecule has 148 valence electrons. The van der Waals surface area contributed by atoms with E-state index in [9.17, 15) is 4.79 Å². The highest BCUT2D eigenvalue weighted by molar-refractivity contribution is 5.88. The van der Waals surface area contributed by atoms with E-state index in [-0.39, 0.29) is 5.91 Å². The molecule has 0 saturated carbocycles. The number of H-pyrrole nitrogens is 1. The first-order chi connectivity index (χ1) is 14.1. The van der Waals surface area contributed by atoms with E-state index < -0.39 is 0 Å². The van der Waals surface area contributed by atoms with E-state index in [1.807, 2.05) is 54.9 Å². The van der Waals surface area contributed by atoms with E-state index in [1.165, 1.54) is 6.33 Å². The number of aromatic nitrogens is 5. The van der Waals surface area contributed by atoms with Gasteiger partial charge in [0.1, 0.15) is 24.3 Å². The zero-order chi connectivity index (χ0) is 20.2. The van der Waals surface area contributed by atoms with Gasteiger partial charge in [-0.3, -0.25) is 9.36 Å². The van der Waals surface area contributed by atoms with Gasteiger partial charge in [0.15, 0.2) is 0 Å². The maximum absolute atomic E-state index is 12.3. The van der Waals surface area contributed by atoms with Crippen LogP contribution in [0.4, 0.5) is 5.82 Å². The molecule has 0 fully saturated rings. The third-order valence-electron chi connectivity index (χ3n) is 4.93. The third-order valence-corrected chi connectivity index (χ3v) is 4.93. The maximum Gasteiger partial charge on any atom is 0.224 e. The molecule has 3 N–H and O–H groups in total. The zero-order valence-electron chi connectivity index (χ0n) is 16.4. The number of benzene rings is 1. The number of fused-ring (bicyclic) bond motifs is 1. The quantitative estimate of drug-likeness (QED) is 0.422. The standard InChI is InChI=1S/C21H23N7O/c1-14-15(2)28(13-27-14)20-10-19(25-12-26-20)22-7-8-23-21(29)9-16-11-24-18-6-4-3-5-17(16)18/h3-6,10-13,24H,7-9H2,1-2H3,(H,23,29)(H,22,25,26). The number of nitrogens with zero attached hydrogens (tertiary/aromatic N) is 4. The fraction of sp³-hybridized carbons (Fsp3) is 0.238. The zero-order valence-corrected chi connectivity index (χ0v) is 16.4. The molecule has 8 nitrogen and oxygen atoms in total. The van der Waals surface area contributed by atoms with Crippen LogP contribution in [0, 0.1) is 13.8 Å². The number of aryl methyl sites for hydroxylation is 1. The Morgan fingerprint density at radius 3 is 2.83 bits per heavy atom. The highest BCUT2D eigenvalue weighted by Crippen LogP contribution is 2.18. The number of hydrogen-bond donors (Lipinski definition) is 3. The Morgan fingerprint density at radius 2 is 2.00 bits per heavy atom. The summed E-state index contributed by atoms with van der Waals surface area (Å²) < 4.78 is 1.92. The lowest BCUT2D eigenvalue weighted by Gasteiger charge is -2.09. The molecule has 4 aromatic rings. The minimum absolute atomic E-state index is 0.00977. The van der Waals surface area contributed by atoms with Crippen LogP contribution in [0.25, 0.3) is 16.7 Å². The van der Waals surface area contributed by atoms with Crippen molar-refractivity contribution in [2.24, 2.45) is 0 Å². The Morgan fingerprint density at radius 1 is 1.14 bits per heavy atom. The molecule has 0 unspecified atom stereocenters. The van der Waals surface area contributed by atoms with Gasteiger partial charge >= 0.3 is 0 Å². The number of carbonyl (C=O) groups is 1. The molecule has 0 aliphatic rings. The van der Waals surface area contributed by atoms with Gasteiger partial charge in [0.05, 0.1) is 12.1 Å². The third kappa shape index (κ3) is 4.11. The van der Waals surface area contributed by atoms with Gasteiger partial charge in [-0.25, -0.2) is 15.0 Å². The van der Waals surface area contributed by atoms with Gasteiger partial charge in [-0.05, 0) is 25.5 Å². The van der Waals surface area contributed by atoms with Gasteiger partial charge in [-0.1, -0.05) is 18.2 Å². The van der Waals surface area contributed by atoms with E-state index >= 15 is 0 Å². The molecule has 1 amide bonds. The minimum Gasteiger partial charge on any atom is -0.368 e. The number of imidazole rings is 1. The number of hydrogen-bond acceptors (Lipinski definition) is 5. The van der Waals surface area contributed by atoms with Gasteiger partial charge in [0.2, 0.25) is 5.91 Å². The number of carbonyl (C=O) groups excluding carboxylic acids is 1. The van der Waals surface area contributed by atoms with Crippen LogP contribution >= 0.6 is 0 Å². The summed E-state index contributed by atoms with van der Waals surface area (Å²) in [6, 6.07) is 9.84. The summed E-state index contributed by atoms with van der Waals surface area (Å²) in [4.78, 5) is 28.3. The van der Waals surface area contributed by atoms with Crippen molar-refractivity contribution in [2.45, 2.75) is 20.3 Å². The first-order valence-electron chi connectivity index (χ1n) is 9.50. The number of anilines is 1. The summed E-state index contributed by atoms with van der Waals surface area (Å²) >= 11 is 0. The normalized spacial score (nSPS) is 11.0. The van der Waals surface area contributed by atoms with Crippen molar-refractivity contribution < 1.29 is 4.79 Å². The molecule has 0 saturated heterocycles. The average molecular weight is 389 g/mol. The van der Waals surface area contributed by atoms with Gasteiger partial charge in [-0.15, -0.1) is 0 Å². The average Bonchev–Trinajstić information content (AvgIpc) is 3.29. The van der Waals surface area contributed by atoms with Crippen molar-refractivity contribution in [3.05, 3.63) is 66.1 Å². The van der Waals surface area contributed by atoms with Crippen molar-refractivity contribution in [1.29, 1.82) is 0 Å². The fourth-order valence-corrected chi connectivity index (χ4v) is 3.21. The topological polar surface area (TPSA) is 101 Å². The largest absolute Gasteiger partial charge is 0.368 e. The molecule has 0 radical (unpaired) electrons. The molecule has 8 heteroatoms. The smallest absolute Gasteiger partial charge is 0.224 e. The van der Waals surface area contributed by atoms with Gasteiger partial charge in [0.25, 0.3) is 0 Å². The summed E-state index contributed by atoms with van der Waals surface area (Å²) in [6.45, 7) is 5.04. The lowest BCUT2D eigenvalue weighted by molar-refractivity contribution is -0.120. The Balaban J connectivity index is 1.29. The number of aromatic amines is 1. The van der Waals surface area contributed by atoms with Crippen molar-refractivity contribution in [1.82, 2.24) is 29.8 Å². The van der Waals surface area contributed by atoms with Crippen LogP contribution in [-0.2, 0) is 11.2 Å². The monoisotopic (exact) mass is 389 g/mol. The predicted molar refractivity (Wildman–Crippen MR) is 112 cm³/mol. The second kappa shape index (κ2) is 8.14. The van der Waals surface area contributed by atoms with Crippen LogP contribution in [0.1, 0.15) is 17.0 Å². The van der Waals surface area contributed by atoms with Crippen molar-refractivity contribution in [2.75, 3.05) is 18.4 Å². The van der Waals surface area contributed by atoms with Crippen molar-refractivity contribution in [3.8, 4) is 5.82 Å². The molecule has 0 atom stereocenters. The number of nitrogens with one attached hydrogen (secondary N) is 3. The Hall–Kier alpha value is -3.68. The molecule has 1 aromatic carbocycles. The lowest BCUT2D eigenvalue weighted by atomic mass is 10.1. The molecule has 0 spiro atoms. The lowest BCUT2D eigenvalue weighted by Crippen LogP contribution is -2.30. The van der Waals surface area contributed by atoms with Crippen LogP contribution in [0.15, 0.2) is 49.2 Å². The van der Waals surface area contributed by atoms with Crippen LogP contribution in [0.2, 0.25) is 0 Å². The van der Waals surface area contributed by atoms with E-state index in [2.05, 4.69) is 30.6 Å². The van der Waals surface area contributed by atoms with Crippen LogP contribution in [0.3, 0.4) is 0 Å². The summed E-state index contributed by atoms with van der Waals surface area (Å²) in [7, 11) is 0. The molecular weight excluding hydrogens is 366 g/mol. The van der Waals surface area contributed by atoms with E-state index in [0.29, 0.717) is 25.3 Å². The minimum atomic E-state index is -0.00977. The van der Waals surface area contributed by atoms with E-state index in [1.54, 1.807) is 6.33 Å². The fourth-order valence-electron chi connectivity index (χ4n) is 3.21. The Labute approximate surface area is 168 Å². The Kier molecular flexibility index (Phi) is 5.24. The van der Waals surface area contributed by atoms with Crippen LogP contribution < -0.4 is 10.6 Å². The van der Waals surface area contributed by atoms with Crippen molar-refractivity contribution >= 4 is 22.6 Å². The van der Waals surface area contributed by atoms with Gasteiger partial charge in [0, 0.05) is 41.9 Å². The number of para-hydroxylation sites is 1. The highest BCUT2D eigenvalue weighted by Gasteiger charge is 2.09. The van der Waals surface area contributed by atoms with Gasteiger partial charge < -0.3 is 15.6 Å². The first-order valence-corrected chi connectivity index (χ1v) is 9.50. The molecule has 29 heavy (non-hydrogen) atoms. The highest BCUT2D eigenvalue weighted by atomic mass is 16.1. The SMILES string of the molecule is Cc1ncn(-c2cc(NCCNC(=O)Cc3c[nH]c4ccccc34)ncn2)c1C. The number of rotatable bonds is 7. The molecule has 4 rings (SSSR count). The molecule has 3 aromatic heterocycles. The summed E-state index contributed by atoms with van der Waals surface area (Å²) in [5, 5.41) is 7.24. The maximum atomic E-state index is 12.3. The molecular formula is C21H23N7O. The summed E-state index contributed by atoms with van der Waals surface area (Å²) in [5.41, 5.74) is 4.05. The molecule has 3 heterocycles. The molecule has 0 aliphatic heterocycles. The number of amides is 1. The summed E-state index contributed by atoms with van der Waals surface area (Å²) in [5.74, 6) is 1.44. The second-order valence-electron chi connectivity index (χ2n) is 6.86. The van der Waals surface area contributed by atoms with E-state index in [4.69, 9.17) is 0 Å². The predicted octanol–water partition coefficient (Wildman–Crippen LogP) is 2.53. The van der Waals surface area contributed by atoms with Crippen molar-refractivity contribution in [3.63, 3.8) is 0 Å². The molecule has 0 aliphatic carbocycles. The molecule has 0 bridgehead atoms. The first kappa shape index (κ1) is 18.7. The Bertz CT molecular complexity index is 1140. The van der Waals surface area contributed by atoms with Crippen LogP contribution in [0.5, 0.6) is 0 Å². The van der Waals surface area contributed by atoms with E-state index in [0.717, 1.165) is 33.7 Å². The summed E-state index contributed by atoms with van der Waals surface area (Å²) in [6.07, 6.45) is 5.51. The second-order valence-corrected chi connectivity index (χ2v) is 6.86.